The molecule has 0 N–H and O–H groups in total. The highest BCUT2D eigenvalue weighted by Gasteiger charge is 2.26. The van der Waals surface area contributed by atoms with Crippen molar-refractivity contribution in [3.63, 3.8) is 0 Å². The summed E-state index contributed by atoms with van der Waals surface area (Å²) in [4.78, 5) is 11.7. The lowest BCUT2D eigenvalue weighted by molar-refractivity contribution is -0.143. The number of hydrogen-bond donors (Lipinski definition) is 0. The molecule has 2 rings (SSSR count). The van der Waals surface area contributed by atoms with Crippen LogP contribution in [-0.2, 0) is 9.53 Å². The summed E-state index contributed by atoms with van der Waals surface area (Å²) in [7, 11) is 1.46. The summed E-state index contributed by atoms with van der Waals surface area (Å²) in [5.74, 6) is -0.198. The molecule has 1 aromatic rings. The van der Waals surface area contributed by atoms with Gasteiger partial charge >= 0.3 is 5.97 Å². The third-order valence-electron chi connectivity index (χ3n) is 3.03. The topological polar surface area (TPSA) is 26.3 Å². The monoisotopic (exact) mass is 216 g/mol. The Morgan fingerprint density at radius 2 is 2.06 bits per heavy atom. The van der Waals surface area contributed by atoms with E-state index in [1.165, 1.54) is 7.11 Å². The minimum absolute atomic E-state index is 0.0823. The van der Waals surface area contributed by atoms with Crippen molar-refractivity contribution >= 4 is 11.5 Å². The average molecular weight is 216 g/mol. The van der Waals surface area contributed by atoms with Gasteiger partial charge in [-0.05, 0) is 30.4 Å². The molecule has 0 saturated heterocycles. The van der Waals surface area contributed by atoms with Gasteiger partial charge in [-0.3, -0.25) is 4.79 Å². The first-order chi connectivity index (χ1) is 7.83. The summed E-state index contributed by atoms with van der Waals surface area (Å²) >= 11 is 0. The molecule has 1 unspecified atom stereocenters. The second-order valence-electron chi connectivity index (χ2n) is 4.03. The first kappa shape index (κ1) is 10.9. The van der Waals surface area contributed by atoms with Crippen molar-refractivity contribution in [2.45, 2.75) is 19.3 Å². The van der Waals surface area contributed by atoms with Crippen molar-refractivity contribution in [3.05, 3.63) is 42.0 Å². The number of ether oxygens (including phenoxy) is 1. The molecule has 0 amide bonds. The Labute approximate surface area is 95.9 Å². The van der Waals surface area contributed by atoms with Gasteiger partial charge < -0.3 is 4.74 Å². The van der Waals surface area contributed by atoms with Crippen molar-refractivity contribution in [2.75, 3.05) is 7.11 Å². The highest BCUT2D eigenvalue weighted by Crippen LogP contribution is 2.33. The number of rotatable bonds is 2. The van der Waals surface area contributed by atoms with Gasteiger partial charge in [0.2, 0.25) is 0 Å². The molecule has 0 radical (unpaired) electrons. The lowest BCUT2D eigenvalue weighted by atomic mass is 9.84. The lowest BCUT2D eigenvalue weighted by Crippen LogP contribution is -2.20. The van der Waals surface area contributed by atoms with Crippen LogP contribution in [0.5, 0.6) is 0 Å². The molecule has 1 aliphatic rings. The fraction of sp³-hybridized carbons (Fsp3) is 0.357. The summed E-state index contributed by atoms with van der Waals surface area (Å²) < 4.78 is 4.86. The first-order valence-electron chi connectivity index (χ1n) is 5.66. The van der Waals surface area contributed by atoms with Gasteiger partial charge in [0.15, 0.2) is 0 Å². The van der Waals surface area contributed by atoms with Crippen LogP contribution in [0.3, 0.4) is 0 Å². The predicted octanol–water partition coefficient (Wildman–Crippen LogP) is 3.04. The Kier molecular flexibility index (Phi) is 3.40. The van der Waals surface area contributed by atoms with E-state index in [1.807, 2.05) is 30.3 Å². The summed E-state index contributed by atoms with van der Waals surface area (Å²) in [6.45, 7) is 0. The number of benzene rings is 1. The quantitative estimate of drug-likeness (QED) is 0.710. The van der Waals surface area contributed by atoms with Crippen LogP contribution in [-0.4, -0.2) is 13.1 Å². The third-order valence-corrected chi connectivity index (χ3v) is 3.03. The van der Waals surface area contributed by atoms with E-state index in [0.717, 1.165) is 30.4 Å². The van der Waals surface area contributed by atoms with E-state index < -0.39 is 0 Å². The third kappa shape index (κ3) is 2.16. The maximum atomic E-state index is 11.7. The van der Waals surface area contributed by atoms with E-state index in [1.54, 1.807) is 0 Å². The summed E-state index contributed by atoms with van der Waals surface area (Å²) in [5, 5.41) is 0. The lowest BCUT2D eigenvalue weighted by Gasteiger charge is -2.22. The molecule has 0 saturated carbocycles. The molecule has 0 aromatic heterocycles. The maximum absolute atomic E-state index is 11.7. The molecule has 84 valence electrons. The number of hydrogen-bond acceptors (Lipinski definition) is 2. The van der Waals surface area contributed by atoms with E-state index in [0.29, 0.717) is 0 Å². The smallest absolute Gasteiger partial charge is 0.313 e. The summed E-state index contributed by atoms with van der Waals surface area (Å²) in [5.41, 5.74) is 2.26. The second-order valence-corrected chi connectivity index (χ2v) is 4.03. The molecule has 1 aliphatic carbocycles. The number of carbonyl (C=O) groups is 1. The van der Waals surface area contributed by atoms with E-state index in [4.69, 9.17) is 4.74 Å². The first-order valence-corrected chi connectivity index (χ1v) is 5.66. The van der Waals surface area contributed by atoms with Crippen LogP contribution in [0.4, 0.5) is 0 Å². The maximum Gasteiger partial charge on any atom is 0.313 e. The molecule has 0 fully saturated rings. The minimum atomic E-state index is -0.116. The van der Waals surface area contributed by atoms with Gasteiger partial charge in [-0.2, -0.15) is 0 Å². The van der Waals surface area contributed by atoms with Gasteiger partial charge in [-0.25, -0.2) is 0 Å². The molecule has 0 heterocycles. The standard InChI is InChI=1S/C14H16O2/c1-16-14(15)13-10-6-5-9-12(13)11-7-3-2-4-8-11/h2-4,7-9,13H,5-6,10H2,1H3. The minimum Gasteiger partial charge on any atom is -0.469 e. The van der Waals surface area contributed by atoms with Crippen molar-refractivity contribution in [3.8, 4) is 0 Å². The Bertz CT molecular complexity index is 392. The van der Waals surface area contributed by atoms with Crippen LogP contribution in [0.15, 0.2) is 36.4 Å². The van der Waals surface area contributed by atoms with E-state index in [2.05, 4.69) is 6.08 Å². The van der Waals surface area contributed by atoms with Crippen molar-refractivity contribution < 1.29 is 9.53 Å². The molecule has 0 spiro atoms. The largest absolute Gasteiger partial charge is 0.469 e. The molecule has 1 atom stereocenters. The van der Waals surface area contributed by atoms with Gasteiger partial charge in [0.25, 0.3) is 0 Å². The van der Waals surface area contributed by atoms with Gasteiger partial charge in [-0.15, -0.1) is 0 Å². The number of methoxy groups -OCH3 is 1. The van der Waals surface area contributed by atoms with E-state index in [-0.39, 0.29) is 11.9 Å². The van der Waals surface area contributed by atoms with Crippen LogP contribution in [0, 0.1) is 5.92 Å². The molecule has 1 aromatic carbocycles. The Morgan fingerprint density at radius 3 is 2.75 bits per heavy atom. The highest BCUT2D eigenvalue weighted by molar-refractivity contribution is 5.88. The zero-order valence-corrected chi connectivity index (χ0v) is 9.48. The predicted molar refractivity (Wildman–Crippen MR) is 63.8 cm³/mol. The van der Waals surface area contributed by atoms with Gasteiger partial charge in [0, 0.05) is 0 Å². The fourth-order valence-corrected chi connectivity index (χ4v) is 2.21. The van der Waals surface area contributed by atoms with Gasteiger partial charge in [0.1, 0.15) is 0 Å². The number of allylic oxidation sites excluding steroid dienone is 1. The van der Waals surface area contributed by atoms with Gasteiger partial charge in [0.05, 0.1) is 13.0 Å². The van der Waals surface area contributed by atoms with Crippen LogP contribution in [0.2, 0.25) is 0 Å². The molecular weight excluding hydrogens is 200 g/mol. The average Bonchev–Trinajstić information content (AvgIpc) is 2.39. The van der Waals surface area contributed by atoms with Crippen LogP contribution < -0.4 is 0 Å². The SMILES string of the molecule is COC(=O)C1CCCC=C1c1ccccc1. The van der Waals surface area contributed by atoms with E-state index >= 15 is 0 Å². The van der Waals surface area contributed by atoms with Crippen LogP contribution >= 0.6 is 0 Å². The zero-order valence-electron chi connectivity index (χ0n) is 9.48. The highest BCUT2D eigenvalue weighted by atomic mass is 16.5. The Morgan fingerprint density at radius 1 is 1.31 bits per heavy atom. The van der Waals surface area contributed by atoms with Crippen LogP contribution in [0.25, 0.3) is 5.57 Å². The molecule has 16 heavy (non-hydrogen) atoms. The van der Waals surface area contributed by atoms with Crippen molar-refractivity contribution in [2.24, 2.45) is 5.92 Å². The Balaban J connectivity index is 2.30. The summed E-state index contributed by atoms with van der Waals surface area (Å²) in [6.07, 6.45) is 5.18. The zero-order chi connectivity index (χ0) is 11.4. The summed E-state index contributed by atoms with van der Waals surface area (Å²) in [6, 6.07) is 10.1. The second kappa shape index (κ2) is 4.97. The van der Waals surface area contributed by atoms with Crippen molar-refractivity contribution in [1.29, 1.82) is 0 Å². The molecule has 2 heteroatoms. The molecular formula is C14H16O2. The molecule has 0 bridgehead atoms. The Hall–Kier alpha value is -1.57. The fourth-order valence-electron chi connectivity index (χ4n) is 2.21. The molecule has 2 nitrogen and oxygen atoms in total. The van der Waals surface area contributed by atoms with Crippen LogP contribution in [0.1, 0.15) is 24.8 Å². The number of esters is 1. The molecule has 0 aliphatic heterocycles. The van der Waals surface area contributed by atoms with Gasteiger partial charge in [-0.1, -0.05) is 36.4 Å². The van der Waals surface area contributed by atoms with E-state index in [9.17, 15) is 4.79 Å². The normalized spacial score (nSPS) is 20.1. The van der Waals surface area contributed by atoms with Crippen molar-refractivity contribution in [1.82, 2.24) is 0 Å². The number of carbonyl (C=O) groups excluding carboxylic acids is 1.